The first-order valence-corrected chi connectivity index (χ1v) is 15.3. The Bertz CT molecular complexity index is 1700. The van der Waals surface area contributed by atoms with Crippen molar-refractivity contribution < 1.29 is 14.3 Å². The molecule has 10 heteroatoms. The highest BCUT2D eigenvalue weighted by Gasteiger charge is 2.12. The number of nitrogens with zero attached hydrogens (tertiary/aromatic N) is 2. The van der Waals surface area contributed by atoms with E-state index in [0.29, 0.717) is 28.1 Å². The molecule has 5 rings (SSSR count). The van der Waals surface area contributed by atoms with Crippen LogP contribution in [0.15, 0.2) is 104 Å². The Labute approximate surface area is 264 Å². The number of amides is 1. The summed E-state index contributed by atoms with van der Waals surface area (Å²) in [6, 6.07) is 27.0. The predicted octanol–water partition coefficient (Wildman–Crippen LogP) is 8.74. The fourth-order valence-corrected chi connectivity index (χ4v) is 5.52. The van der Waals surface area contributed by atoms with Crippen LogP contribution in [0.4, 0.5) is 10.8 Å². The third-order valence-corrected chi connectivity index (χ3v) is 8.05. The number of carbonyl (C=O) groups excluding carboxylic acids is 1. The Morgan fingerprint density at radius 1 is 1.00 bits per heavy atom. The molecule has 212 valence electrons. The molecule has 0 saturated heterocycles. The number of aryl methyl sites for hydroxylation is 1. The zero-order valence-corrected chi connectivity index (χ0v) is 26.7. The van der Waals surface area contributed by atoms with Crippen LogP contribution in [0.5, 0.6) is 11.5 Å². The maximum atomic E-state index is 12.7. The summed E-state index contributed by atoms with van der Waals surface area (Å²) in [6.07, 6.45) is 1.55. The van der Waals surface area contributed by atoms with Gasteiger partial charge in [-0.15, -0.1) is 11.3 Å². The lowest BCUT2D eigenvalue weighted by molar-refractivity contribution is 0.0955. The number of ether oxygens (including phenoxy) is 2. The minimum Gasteiger partial charge on any atom is -0.493 e. The third kappa shape index (κ3) is 7.64. The van der Waals surface area contributed by atoms with Crippen LogP contribution in [0.25, 0.3) is 11.3 Å². The van der Waals surface area contributed by atoms with Gasteiger partial charge < -0.3 is 14.8 Å². The average Bonchev–Trinajstić information content (AvgIpc) is 3.47. The largest absolute Gasteiger partial charge is 0.493 e. The molecule has 5 aromatic rings. The maximum Gasteiger partial charge on any atom is 0.271 e. The van der Waals surface area contributed by atoms with Crippen LogP contribution in [0, 0.1) is 6.92 Å². The van der Waals surface area contributed by atoms with Gasteiger partial charge in [0.2, 0.25) is 0 Å². The van der Waals surface area contributed by atoms with Crippen LogP contribution in [0.2, 0.25) is 0 Å². The number of rotatable bonds is 10. The van der Waals surface area contributed by atoms with Crippen LogP contribution in [0.1, 0.15) is 27.0 Å². The number of hydrogen-bond acceptors (Lipinski definition) is 7. The Morgan fingerprint density at radius 2 is 1.74 bits per heavy atom. The molecule has 1 heterocycles. The van der Waals surface area contributed by atoms with Crippen LogP contribution in [-0.2, 0) is 6.61 Å². The number of benzene rings is 4. The Kier molecular flexibility index (Phi) is 9.68. The summed E-state index contributed by atoms with van der Waals surface area (Å²) < 4.78 is 13.3. The maximum absolute atomic E-state index is 12.7. The van der Waals surface area contributed by atoms with Gasteiger partial charge in [-0.1, -0.05) is 57.9 Å². The fraction of sp³-hybridized carbons (Fsp3) is 0.0938. The van der Waals surface area contributed by atoms with E-state index in [1.807, 2.05) is 60.0 Å². The summed E-state index contributed by atoms with van der Waals surface area (Å²) in [4.78, 5) is 17.4. The molecular weight excluding hydrogens is 680 g/mol. The topological polar surface area (TPSA) is 84.8 Å². The summed E-state index contributed by atoms with van der Waals surface area (Å²) in [6.45, 7) is 2.44. The number of carbonyl (C=O) groups is 1. The van der Waals surface area contributed by atoms with Gasteiger partial charge in [-0.3, -0.25) is 4.79 Å². The summed E-state index contributed by atoms with van der Waals surface area (Å²) in [7, 11) is 1.58. The van der Waals surface area contributed by atoms with Gasteiger partial charge in [-0.05, 0) is 82.5 Å². The van der Waals surface area contributed by atoms with Crippen LogP contribution in [-0.4, -0.2) is 24.2 Å². The van der Waals surface area contributed by atoms with Crippen molar-refractivity contribution in [3.8, 4) is 22.8 Å². The van der Waals surface area contributed by atoms with Gasteiger partial charge in [0, 0.05) is 26.7 Å². The average molecular weight is 706 g/mol. The quantitative estimate of drug-likeness (QED) is 0.112. The highest BCUT2D eigenvalue weighted by atomic mass is 79.9. The van der Waals surface area contributed by atoms with Crippen LogP contribution in [0.3, 0.4) is 0 Å². The zero-order valence-electron chi connectivity index (χ0n) is 22.7. The number of hydrogen-bond donors (Lipinski definition) is 2. The van der Waals surface area contributed by atoms with Crippen molar-refractivity contribution in [3.05, 3.63) is 122 Å². The molecule has 42 heavy (non-hydrogen) atoms. The highest BCUT2D eigenvalue weighted by molar-refractivity contribution is 9.10. The van der Waals surface area contributed by atoms with E-state index in [9.17, 15) is 4.79 Å². The molecule has 0 spiro atoms. The second-order valence-corrected chi connectivity index (χ2v) is 11.9. The molecule has 1 aromatic heterocycles. The van der Waals surface area contributed by atoms with E-state index >= 15 is 0 Å². The summed E-state index contributed by atoms with van der Waals surface area (Å²) >= 11 is 8.52. The van der Waals surface area contributed by atoms with E-state index in [4.69, 9.17) is 9.47 Å². The Balaban J connectivity index is 1.18. The Hall–Kier alpha value is -3.99. The second kappa shape index (κ2) is 13.8. The normalized spacial score (nSPS) is 11.0. The predicted molar refractivity (Wildman–Crippen MR) is 176 cm³/mol. The molecule has 0 atom stereocenters. The number of nitrogens with one attached hydrogen (secondary N) is 2. The minimum absolute atomic E-state index is 0.321. The number of hydrazone groups is 1. The fourth-order valence-electron chi connectivity index (χ4n) is 3.94. The molecule has 0 bridgehead atoms. The van der Waals surface area contributed by atoms with E-state index < -0.39 is 0 Å². The molecule has 0 aliphatic carbocycles. The van der Waals surface area contributed by atoms with Gasteiger partial charge in [0.1, 0.15) is 6.61 Å². The minimum atomic E-state index is -0.321. The summed E-state index contributed by atoms with van der Waals surface area (Å²) in [5, 5.41) is 10.2. The molecule has 0 saturated carbocycles. The van der Waals surface area contributed by atoms with Crippen molar-refractivity contribution >= 4 is 66.1 Å². The molecule has 7 nitrogen and oxygen atoms in total. The monoisotopic (exact) mass is 704 g/mol. The van der Waals surface area contributed by atoms with Crippen molar-refractivity contribution in [2.75, 3.05) is 12.4 Å². The molecule has 0 aliphatic rings. The van der Waals surface area contributed by atoms with E-state index in [2.05, 4.69) is 71.7 Å². The van der Waals surface area contributed by atoms with Gasteiger partial charge in [0.05, 0.1) is 23.5 Å². The first-order valence-electron chi connectivity index (χ1n) is 12.9. The number of thiazole rings is 1. The van der Waals surface area contributed by atoms with Gasteiger partial charge in [-0.25, -0.2) is 10.4 Å². The first kappa shape index (κ1) is 29.5. The summed E-state index contributed by atoms with van der Waals surface area (Å²) in [5.74, 6) is 0.808. The van der Waals surface area contributed by atoms with E-state index in [1.165, 1.54) is 16.9 Å². The van der Waals surface area contributed by atoms with Gasteiger partial charge in [0.25, 0.3) is 5.91 Å². The van der Waals surface area contributed by atoms with Crippen molar-refractivity contribution in [1.29, 1.82) is 0 Å². The number of anilines is 2. The lowest BCUT2D eigenvalue weighted by Crippen LogP contribution is -2.17. The molecule has 0 unspecified atom stereocenters. The lowest BCUT2D eigenvalue weighted by Gasteiger charge is -2.13. The molecule has 0 aliphatic heterocycles. The van der Waals surface area contributed by atoms with Crippen molar-refractivity contribution in [2.45, 2.75) is 13.5 Å². The SMILES string of the molecule is COc1cc(/C=N\NC(=O)c2ccc(-c3csc(Nc4ccc(C)cc4)n3)cc2)cc(Br)c1OCc1ccc(Br)cc1. The van der Waals surface area contributed by atoms with E-state index in [-0.39, 0.29) is 5.91 Å². The second-order valence-electron chi connectivity index (χ2n) is 9.25. The number of aromatic nitrogens is 1. The molecule has 2 N–H and O–H groups in total. The number of halogens is 2. The van der Waals surface area contributed by atoms with E-state index in [1.54, 1.807) is 31.5 Å². The molecule has 0 radical (unpaired) electrons. The van der Waals surface area contributed by atoms with Crippen molar-refractivity contribution in [3.63, 3.8) is 0 Å². The van der Waals surface area contributed by atoms with Crippen molar-refractivity contribution in [1.82, 2.24) is 10.4 Å². The van der Waals surface area contributed by atoms with Gasteiger partial charge in [-0.2, -0.15) is 5.10 Å². The van der Waals surface area contributed by atoms with Crippen LogP contribution >= 0.6 is 43.2 Å². The standard InChI is InChI=1S/C32H26Br2N4O3S/c1-20-3-13-26(14-4-20)36-32-37-28(19-42-32)23-7-9-24(10-8-23)31(39)38-35-17-22-15-27(34)30(29(16-22)40-2)41-18-21-5-11-25(33)12-6-21/h3-17,19H,18H2,1-2H3,(H,36,37)(H,38,39)/b35-17-. The van der Waals surface area contributed by atoms with Crippen LogP contribution < -0.4 is 20.2 Å². The van der Waals surface area contributed by atoms with Gasteiger partial charge in [0.15, 0.2) is 16.6 Å². The highest BCUT2D eigenvalue weighted by Crippen LogP contribution is 2.37. The summed E-state index contributed by atoms with van der Waals surface area (Å²) in [5.41, 5.74) is 8.77. The molecule has 1 amide bonds. The third-order valence-electron chi connectivity index (χ3n) is 6.18. The first-order chi connectivity index (χ1) is 20.4. The molecule has 4 aromatic carbocycles. The van der Waals surface area contributed by atoms with Crippen molar-refractivity contribution in [2.24, 2.45) is 5.10 Å². The lowest BCUT2D eigenvalue weighted by atomic mass is 10.1. The number of methoxy groups -OCH3 is 1. The molecule has 0 fully saturated rings. The molecular formula is C32H26Br2N4O3S. The Morgan fingerprint density at radius 3 is 2.45 bits per heavy atom. The smallest absolute Gasteiger partial charge is 0.271 e. The zero-order chi connectivity index (χ0) is 29.5. The van der Waals surface area contributed by atoms with Gasteiger partial charge >= 0.3 is 0 Å². The van der Waals surface area contributed by atoms with E-state index in [0.717, 1.165) is 37.7 Å².